The SMILES string of the molecule is COc1ccc(NC(=O)Cc2ccc3c(c2)nc(C)n3C)cc1OC. The lowest BCUT2D eigenvalue weighted by Gasteiger charge is -2.10. The minimum atomic E-state index is -0.0979. The van der Waals surface area contributed by atoms with Crippen LogP contribution in [0.4, 0.5) is 5.69 Å². The van der Waals surface area contributed by atoms with Crippen molar-refractivity contribution < 1.29 is 14.3 Å². The quantitative estimate of drug-likeness (QED) is 0.776. The number of fused-ring (bicyclic) bond motifs is 1. The minimum absolute atomic E-state index is 0.0979. The Morgan fingerprint density at radius 3 is 2.60 bits per heavy atom. The summed E-state index contributed by atoms with van der Waals surface area (Å²) in [6, 6.07) is 11.2. The van der Waals surface area contributed by atoms with Crippen LogP contribution in [0.25, 0.3) is 11.0 Å². The monoisotopic (exact) mass is 339 g/mol. The molecule has 1 heterocycles. The van der Waals surface area contributed by atoms with Crippen LogP contribution >= 0.6 is 0 Å². The van der Waals surface area contributed by atoms with Crippen molar-refractivity contribution in [3.8, 4) is 11.5 Å². The number of rotatable bonds is 5. The summed E-state index contributed by atoms with van der Waals surface area (Å²) in [5.41, 5.74) is 3.54. The van der Waals surface area contributed by atoms with Gasteiger partial charge < -0.3 is 19.4 Å². The Morgan fingerprint density at radius 2 is 1.88 bits per heavy atom. The number of nitrogens with zero attached hydrogens (tertiary/aromatic N) is 2. The maximum absolute atomic E-state index is 12.3. The lowest BCUT2D eigenvalue weighted by Crippen LogP contribution is -2.14. The van der Waals surface area contributed by atoms with E-state index in [-0.39, 0.29) is 12.3 Å². The molecule has 0 aliphatic carbocycles. The van der Waals surface area contributed by atoms with Crippen LogP contribution in [0.2, 0.25) is 0 Å². The van der Waals surface area contributed by atoms with Gasteiger partial charge in [0.1, 0.15) is 5.82 Å². The molecular formula is C19H21N3O3. The molecule has 0 spiro atoms. The summed E-state index contributed by atoms with van der Waals surface area (Å²) in [6.45, 7) is 1.96. The van der Waals surface area contributed by atoms with Gasteiger partial charge in [-0.1, -0.05) is 6.07 Å². The van der Waals surface area contributed by atoms with Crippen LogP contribution in [0, 0.1) is 6.92 Å². The first kappa shape index (κ1) is 16.8. The number of carbonyl (C=O) groups excluding carboxylic acids is 1. The van der Waals surface area contributed by atoms with Gasteiger partial charge >= 0.3 is 0 Å². The highest BCUT2D eigenvalue weighted by molar-refractivity contribution is 5.93. The first-order valence-electron chi connectivity index (χ1n) is 7.95. The smallest absolute Gasteiger partial charge is 0.228 e. The van der Waals surface area contributed by atoms with Gasteiger partial charge in [0, 0.05) is 18.8 Å². The Balaban J connectivity index is 1.74. The summed E-state index contributed by atoms with van der Waals surface area (Å²) < 4.78 is 12.5. The Morgan fingerprint density at radius 1 is 1.12 bits per heavy atom. The average molecular weight is 339 g/mol. The Bertz CT molecular complexity index is 931. The predicted molar refractivity (Wildman–Crippen MR) is 97.3 cm³/mol. The first-order valence-corrected chi connectivity index (χ1v) is 7.95. The van der Waals surface area contributed by atoms with Crippen LogP contribution in [-0.2, 0) is 18.3 Å². The zero-order valence-corrected chi connectivity index (χ0v) is 14.8. The fourth-order valence-electron chi connectivity index (χ4n) is 2.78. The second kappa shape index (κ2) is 6.84. The van der Waals surface area contributed by atoms with Gasteiger partial charge in [-0.05, 0) is 36.8 Å². The Kier molecular flexibility index (Phi) is 4.61. The predicted octanol–water partition coefficient (Wildman–Crippen LogP) is 3.08. The highest BCUT2D eigenvalue weighted by atomic mass is 16.5. The maximum Gasteiger partial charge on any atom is 0.228 e. The van der Waals surface area contributed by atoms with E-state index in [4.69, 9.17) is 9.47 Å². The largest absolute Gasteiger partial charge is 0.493 e. The minimum Gasteiger partial charge on any atom is -0.493 e. The summed E-state index contributed by atoms with van der Waals surface area (Å²) in [5.74, 6) is 2.04. The third-order valence-corrected chi connectivity index (χ3v) is 4.20. The number of nitrogens with one attached hydrogen (secondary N) is 1. The van der Waals surface area contributed by atoms with Crippen molar-refractivity contribution >= 4 is 22.6 Å². The number of imidazole rings is 1. The molecule has 1 aromatic heterocycles. The lowest BCUT2D eigenvalue weighted by atomic mass is 10.1. The molecule has 6 nitrogen and oxygen atoms in total. The number of aromatic nitrogens is 2. The van der Waals surface area contributed by atoms with E-state index in [1.165, 1.54) is 0 Å². The highest BCUT2D eigenvalue weighted by Gasteiger charge is 2.10. The molecule has 2 aromatic carbocycles. The van der Waals surface area contributed by atoms with E-state index in [9.17, 15) is 4.79 Å². The van der Waals surface area contributed by atoms with Crippen LogP contribution in [0.15, 0.2) is 36.4 Å². The molecule has 6 heteroatoms. The van der Waals surface area contributed by atoms with Crippen LogP contribution < -0.4 is 14.8 Å². The van der Waals surface area contributed by atoms with E-state index < -0.39 is 0 Å². The number of amides is 1. The number of anilines is 1. The molecule has 0 saturated carbocycles. The van der Waals surface area contributed by atoms with Crippen LogP contribution in [-0.4, -0.2) is 29.7 Å². The molecule has 0 aliphatic heterocycles. The second-order valence-electron chi connectivity index (χ2n) is 5.84. The molecule has 0 aliphatic rings. The molecular weight excluding hydrogens is 318 g/mol. The van der Waals surface area contributed by atoms with Crippen molar-refractivity contribution in [3.05, 3.63) is 47.8 Å². The summed E-state index contributed by atoms with van der Waals surface area (Å²) in [6.07, 6.45) is 0.278. The fourth-order valence-corrected chi connectivity index (χ4v) is 2.78. The van der Waals surface area contributed by atoms with Crippen molar-refractivity contribution in [3.63, 3.8) is 0 Å². The summed E-state index contributed by atoms with van der Waals surface area (Å²) in [5, 5.41) is 2.88. The zero-order valence-electron chi connectivity index (χ0n) is 14.8. The second-order valence-corrected chi connectivity index (χ2v) is 5.84. The van der Waals surface area contributed by atoms with Crippen LogP contribution in [0.1, 0.15) is 11.4 Å². The van der Waals surface area contributed by atoms with E-state index in [0.29, 0.717) is 17.2 Å². The molecule has 0 radical (unpaired) electrons. The fraction of sp³-hybridized carbons (Fsp3) is 0.263. The summed E-state index contributed by atoms with van der Waals surface area (Å²) in [4.78, 5) is 16.8. The van der Waals surface area contributed by atoms with Crippen molar-refractivity contribution in [1.82, 2.24) is 9.55 Å². The standard InChI is InChI=1S/C19H21N3O3/c1-12-20-15-9-13(5-7-16(15)22(12)2)10-19(23)21-14-6-8-17(24-3)18(11-14)25-4/h5-9,11H,10H2,1-4H3,(H,21,23). The molecule has 3 rings (SSSR count). The normalized spacial score (nSPS) is 10.7. The van der Waals surface area contributed by atoms with Crippen LogP contribution in [0.5, 0.6) is 11.5 Å². The number of carbonyl (C=O) groups is 1. The molecule has 25 heavy (non-hydrogen) atoms. The third kappa shape index (κ3) is 3.42. The molecule has 1 N–H and O–H groups in total. The van der Waals surface area contributed by atoms with Gasteiger partial charge in [0.15, 0.2) is 11.5 Å². The molecule has 0 fully saturated rings. The van der Waals surface area contributed by atoms with Gasteiger partial charge in [0.05, 0.1) is 31.7 Å². The van der Waals surface area contributed by atoms with E-state index in [1.54, 1.807) is 32.4 Å². The number of hydrogen-bond acceptors (Lipinski definition) is 4. The maximum atomic E-state index is 12.3. The number of benzene rings is 2. The van der Waals surface area contributed by atoms with Gasteiger partial charge in [-0.3, -0.25) is 4.79 Å². The molecule has 130 valence electrons. The van der Waals surface area contributed by atoms with Crippen LogP contribution in [0.3, 0.4) is 0 Å². The van der Waals surface area contributed by atoms with E-state index in [2.05, 4.69) is 10.3 Å². The lowest BCUT2D eigenvalue weighted by molar-refractivity contribution is -0.115. The van der Waals surface area contributed by atoms with E-state index >= 15 is 0 Å². The number of aryl methyl sites for hydroxylation is 2. The summed E-state index contributed by atoms with van der Waals surface area (Å²) in [7, 11) is 5.12. The van der Waals surface area contributed by atoms with Gasteiger partial charge in [0.2, 0.25) is 5.91 Å². The molecule has 0 atom stereocenters. The average Bonchev–Trinajstić information content (AvgIpc) is 2.88. The number of ether oxygens (including phenoxy) is 2. The van der Waals surface area contributed by atoms with Gasteiger partial charge in [-0.25, -0.2) is 4.98 Å². The number of methoxy groups -OCH3 is 2. The zero-order chi connectivity index (χ0) is 18.0. The van der Waals surface area contributed by atoms with Gasteiger partial charge in [0.25, 0.3) is 0 Å². The highest BCUT2D eigenvalue weighted by Crippen LogP contribution is 2.29. The van der Waals surface area contributed by atoms with Gasteiger partial charge in [-0.2, -0.15) is 0 Å². The molecule has 0 saturated heterocycles. The Labute approximate surface area is 146 Å². The Hall–Kier alpha value is -3.02. The third-order valence-electron chi connectivity index (χ3n) is 4.20. The van der Waals surface area contributed by atoms with Gasteiger partial charge in [-0.15, -0.1) is 0 Å². The number of hydrogen-bond donors (Lipinski definition) is 1. The first-order chi connectivity index (χ1) is 12.0. The van der Waals surface area contributed by atoms with Crippen molar-refractivity contribution in [2.24, 2.45) is 7.05 Å². The topological polar surface area (TPSA) is 65.4 Å². The molecule has 1 amide bonds. The van der Waals surface area contributed by atoms with E-state index in [1.807, 2.05) is 36.7 Å². The van der Waals surface area contributed by atoms with E-state index in [0.717, 1.165) is 22.4 Å². The van der Waals surface area contributed by atoms with Crippen molar-refractivity contribution in [2.45, 2.75) is 13.3 Å². The molecule has 0 bridgehead atoms. The molecule has 0 unspecified atom stereocenters. The van der Waals surface area contributed by atoms with Crippen molar-refractivity contribution in [1.29, 1.82) is 0 Å². The molecule has 3 aromatic rings. The summed E-state index contributed by atoms with van der Waals surface area (Å²) >= 11 is 0. The van der Waals surface area contributed by atoms with Crippen molar-refractivity contribution in [2.75, 3.05) is 19.5 Å².